The van der Waals surface area contributed by atoms with Crippen LogP contribution in [0.1, 0.15) is 5.56 Å². The van der Waals surface area contributed by atoms with Crippen molar-refractivity contribution in [3.8, 4) is 22.6 Å². The maximum atomic E-state index is 6.34. The molecule has 0 spiro atoms. The molecule has 3 aromatic carbocycles. The summed E-state index contributed by atoms with van der Waals surface area (Å²) in [4.78, 5) is 0. The van der Waals surface area contributed by atoms with Gasteiger partial charge in [0.25, 0.3) is 0 Å². The van der Waals surface area contributed by atoms with Gasteiger partial charge in [0, 0.05) is 22.2 Å². The van der Waals surface area contributed by atoms with Gasteiger partial charge >= 0.3 is 0 Å². The first-order valence-electron chi connectivity index (χ1n) is 8.26. The van der Waals surface area contributed by atoms with Gasteiger partial charge in [-0.25, -0.2) is 0 Å². The fourth-order valence-corrected chi connectivity index (χ4v) is 3.05. The Morgan fingerprint density at radius 2 is 1.62 bits per heavy atom. The maximum Gasteiger partial charge on any atom is 0.162 e. The lowest BCUT2D eigenvalue weighted by atomic mass is 10.1. The zero-order valence-corrected chi connectivity index (χ0v) is 15.6. The van der Waals surface area contributed by atoms with Crippen molar-refractivity contribution in [2.75, 3.05) is 13.2 Å². The summed E-state index contributed by atoms with van der Waals surface area (Å²) in [5.41, 5.74) is 8.43. The van der Waals surface area contributed by atoms with Crippen LogP contribution in [0.2, 0.25) is 10.0 Å². The van der Waals surface area contributed by atoms with E-state index in [1.54, 1.807) is 6.07 Å². The van der Waals surface area contributed by atoms with E-state index in [9.17, 15) is 0 Å². The Hall–Kier alpha value is -2.20. The Bertz CT molecular complexity index is 869. The van der Waals surface area contributed by atoms with Crippen molar-refractivity contribution in [1.82, 2.24) is 0 Å². The standard InChI is InChI=1S/C21H19Cl2NO2/c22-17-7-8-18(19(23)13-17)16-6-9-20(25-11-10-24)21(12-16)26-14-15-4-2-1-3-5-15/h1-9,12-13H,10-11,14,24H2. The highest BCUT2D eigenvalue weighted by atomic mass is 35.5. The Morgan fingerprint density at radius 3 is 2.35 bits per heavy atom. The second-order valence-electron chi connectivity index (χ2n) is 5.70. The summed E-state index contributed by atoms with van der Waals surface area (Å²) in [6.07, 6.45) is 0. The molecular weight excluding hydrogens is 369 g/mol. The molecule has 0 saturated carbocycles. The third kappa shape index (κ3) is 4.70. The van der Waals surface area contributed by atoms with Crippen LogP contribution in [0.15, 0.2) is 66.7 Å². The van der Waals surface area contributed by atoms with Crippen molar-refractivity contribution in [3.05, 3.63) is 82.3 Å². The zero-order chi connectivity index (χ0) is 18.4. The molecule has 0 unspecified atom stereocenters. The molecule has 0 radical (unpaired) electrons. The van der Waals surface area contributed by atoms with E-state index in [0.29, 0.717) is 41.3 Å². The molecule has 0 aliphatic carbocycles. The van der Waals surface area contributed by atoms with E-state index in [1.807, 2.05) is 60.7 Å². The molecule has 134 valence electrons. The molecule has 2 N–H and O–H groups in total. The van der Waals surface area contributed by atoms with Crippen LogP contribution in [0, 0.1) is 0 Å². The van der Waals surface area contributed by atoms with E-state index in [0.717, 1.165) is 16.7 Å². The first-order chi connectivity index (χ1) is 12.7. The number of rotatable bonds is 7. The third-order valence-corrected chi connectivity index (χ3v) is 4.35. The molecule has 3 nitrogen and oxygen atoms in total. The van der Waals surface area contributed by atoms with Crippen LogP contribution >= 0.6 is 23.2 Å². The van der Waals surface area contributed by atoms with E-state index in [2.05, 4.69) is 0 Å². The molecule has 5 heteroatoms. The van der Waals surface area contributed by atoms with Gasteiger partial charge in [-0.05, 0) is 35.4 Å². The molecule has 3 aromatic rings. The minimum Gasteiger partial charge on any atom is -0.488 e. The number of hydrogen-bond acceptors (Lipinski definition) is 3. The summed E-state index contributed by atoms with van der Waals surface area (Å²) in [6.45, 7) is 1.29. The number of halogens is 2. The van der Waals surface area contributed by atoms with Crippen LogP contribution in [0.4, 0.5) is 0 Å². The summed E-state index contributed by atoms with van der Waals surface area (Å²) in [5.74, 6) is 1.30. The summed E-state index contributed by atoms with van der Waals surface area (Å²) in [5, 5.41) is 1.18. The molecule has 0 atom stereocenters. The highest BCUT2D eigenvalue weighted by molar-refractivity contribution is 6.36. The predicted molar refractivity (Wildman–Crippen MR) is 107 cm³/mol. The summed E-state index contributed by atoms with van der Waals surface area (Å²) >= 11 is 12.3. The van der Waals surface area contributed by atoms with Crippen molar-refractivity contribution in [2.45, 2.75) is 6.61 Å². The summed E-state index contributed by atoms with van der Waals surface area (Å²) in [7, 11) is 0. The molecule has 26 heavy (non-hydrogen) atoms. The van der Waals surface area contributed by atoms with Gasteiger partial charge in [0.15, 0.2) is 11.5 Å². The van der Waals surface area contributed by atoms with Gasteiger partial charge in [-0.3, -0.25) is 0 Å². The fourth-order valence-electron chi connectivity index (χ4n) is 2.54. The van der Waals surface area contributed by atoms with Crippen LogP contribution in [-0.4, -0.2) is 13.2 Å². The molecule has 0 saturated heterocycles. The highest BCUT2D eigenvalue weighted by Gasteiger charge is 2.11. The third-order valence-electron chi connectivity index (χ3n) is 3.80. The van der Waals surface area contributed by atoms with Crippen LogP contribution in [-0.2, 0) is 6.61 Å². The fraction of sp³-hybridized carbons (Fsp3) is 0.143. The van der Waals surface area contributed by atoms with Gasteiger partial charge in [-0.15, -0.1) is 0 Å². The lowest BCUT2D eigenvalue weighted by Gasteiger charge is -2.15. The number of nitrogens with two attached hydrogens (primary N) is 1. The molecule has 0 fully saturated rings. The number of benzene rings is 3. The van der Waals surface area contributed by atoms with Gasteiger partial charge in [0.2, 0.25) is 0 Å². The molecule has 0 aliphatic rings. The minimum atomic E-state index is 0.419. The van der Waals surface area contributed by atoms with Crippen LogP contribution in [0.5, 0.6) is 11.5 Å². The Morgan fingerprint density at radius 1 is 0.808 bits per heavy atom. The summed E-state index contributed by atoms with van der Waals surface area (Å²) in [6, 6.07) is 21.1. The van der Waals surface area contributed by atoms with Crippen molar-refractivity contribution < 1.29 is 9.47 Å². The average Bonchev–Trinajstić information content (AvgIpc) is 2.66. The Balaban J connectivity index is 1.90. The zero-order valence-electron chi connectivity index (χ0n) is 14.1. The lowest BCUT2D eigenvalue weighted by Crippen LogP contribution is -2.11. The molecule has 0 amide bonds. The van der Waals surface area contributed by atoms with E-state index in [-0.39, 0.29) is 0 Å². The first kappa shape index (κ1) is 18.6. The van der Waals surface area contributed by atoms with Crippen LogP contribution < -0.4 is 15.2 Å². The summed E-state index contributed by atoms with van der Waals surface area (Å²) < 4.78 is 11.7. The van der Waals surface area contributed by atoms with Gasteiger partial charge in [0.1, 0.15) is 13.2 Å². The molecule has 3 rings (SSSR count). The highest BCUT2D eigenvalue weighted by Crippen LogP contribution is 2.36. The average molecular weight is 388 g/mol. The monoisotopic (exact) mass is 387 g/mol. The van der Waals surface area contributed by atoms with Crippen molar-refractivity contribution in [1.29, 1.82) is 0 Å². The van der Waals surface area contributed by atoms with Crippen LogP contribution in [0.25, 0.3) is 11.1 Å². The molecule has 0 aliphatic heterocycles. The van der Waals surface area contributed by atoms with E-state index < -0.39 is 0 Å². The van der Waals surface area contributed by atoms with E-state index in [4.69, 9.17) is 38.4 Å². The molecule has 0 aromatic heterocycles. The van der Waals surface area contributed by atoms with E-state index in [1.165, 1.54) is 0 Å². The molecular formula is C21H19Cl2NO2. The topological polar surface area (TPSA) is 44.5 Å². The normalized spacial score (nSPS) is 10.6. The Labute approximate surface area is 163 Å². The largest absolute Gasteiger partial charge is 0.488 e. The van der Waals surface area contributed by atoms with E-state index >= 15 is 0 Å². The molecule has 0 bridgehead atoms. The number of ether oxygens (including phenoxy) is 2. The quantitative estimate of drug-likeness (QED) is 0.575. The van der Waals surface area contributed by atoms with Gasteiger partial charge in [-0.2, -0.15) is 0 Å². The van der Waals surface area contributed by atoms with Gasteiger partial charge in [-0.1, -0.05) is 65.7 Å². The van der Waals surface area contributed by atoms with Crippen molar-refractivity contribution in [3.63, 3.8) is 0 Å². The second-order valence-corrected chi connectivity index (χ2v) is 6.54. The predicted octanol–water partition coefficient (Wildman–Crippen LogP) is 5.58. The smallest absolute Gasteiger partial charge is 0.162 e. The van der Waals surface area contributed by atoms with Crippen LogP contribution in [0.3, 0.4) is 0 Å². The van der Waals surface area contributed by atoms with Crippen molar-refractivity contribution >= 4 is 23.2 Å². The Kier molecular flexibility index (Phi) is 6.40. The molecule has 0 heterocycles. The SMILES string of the molecule is NCCOc1ccc(-c2ccc(Cl)cc2Cl)cc1OCc1ccccc1. The second kappa shape index (κ2) is 8.95. The lowest BCUT2D eigenvalue weighted by molar-refractivity contribution is 0.266. The van der Waals surface area contributed by atoms with Gasteiger partial charge in [0.05, 0.1) is 0 Å². The van der Waals surface area contributed by atoms with Gasteiger partial charge < -0.3 is 15.2 Å². The van der Waals surface area contributed by atoms with Crippen molar-refractivity contribution in [2.24, 2.45) is 5.73 Å². The minimum absolute atomic E-state index is 0.419. The number of hydrogen-bond donors (Lipinski definition) is 1. The first-order valence-corrected chi connectivity index (χ1v) is 9.02. The maximum absolute atomic E-state index is 6.34.